The van der Waals surface area contributed by atoms with Crippen molar-refractivity contribution in [3.63, 3.8) is 0 Å². The van der Waals surface area contributed by atoms with Crippen LogP contribution >= 0.6 is 46.8 Å². The van der Waals surface area contributed by atoms with Gasteiger partial charge in [-0.2, -0.15) is 0 Å². The van der Waals surface area contributed by atoms with Crippen molar-refractivity contribution in [1.29, 1.82) is 0 Å². The number of carbonyl (C=O) groups is 1. The Balaban J connectivity index is 2.80. The number of ether oxygens (including phenoxy) is 1. The molecule has 0 aliphatic heterocycles. The smallest absolute Gasteiger partial charge is 0.256 e. The van der Waals surface area contributed by atoms with Crippen molar-refractivity contribution in [2.24, 2.45) is 5.73 Å². The number of thiocarbonyl (C=S) groups is 1. The van der Waals surface area contributed by atoms with Gasteiger partial charge in [-0.25, -0.2) is 0 Å². The molecule has 1 amide bonds. The van der Waals surface area contributed by atoms with Crippen molar-refractivity contribution in [3.05, 3.63) is 20.3 Å². The number of nitrogens with zero attached hydrogens (tertiary/aromatic N) is 1. The lowest BCUT2D eigenvalue weighted by Gasteiger charge is -2.21. The Hall–Kier alpha value is -0.400. The van der Waals surface area contributed by atoms with E-state index in [9.17, 15) is 4.79 Å². The van der Waals surface area contributed by atoms with Crippen LogP contribution < -0.4 is 5.73 Å². The van der Waals surface area contributed by atoms with Gasteiger partial charge in [0, 0.05) is 26.6 Å². The van der Waals surface area contributed by atoms with Crippen molar-refractivity contribution in [1.82, 2.24) is 4.90 Å². The fraction of sp³-hybridized carbons (Fsp3) is 0.455. The molecule has 2 N–H and O–H groups in total. The van der Waals surface area contributed by atoms with Crippen molar-refractivity contribution in [2.75, 3.05) is 26.8 Å². The van der Waals surface area contributed by atoms with Crippen LogP contribution in [0.25, 0.3) is 0 Å². The third kappa shape index (κ3) is 5.24. The molecule has 0 atom stereocenters. The van der Waals surface area contributed by atoms with Gasteiger partial charge in [0.25, 0.3) is 5.91 Å². The Morgan fingerprint density at radius 2 is 2.21 bits per heavy atom. The van der Waals surface area contributed by atoms with Crippen molar-refractivity contribution in [2.45, 2.75) is 6.42 Å². The molecule has 8 heteroatoms. The lowest BCUT2D eigenvalue weighted by atomic mass is 10.2. The van der Waals surface area contributed by atoms with Crippen LogP contribution in [-0.2, 0) is 4.74 Å². The normalized spacial score (nSPS) is 10.5. The minimum absolute atomic E-state index is 0.193. The van der Waals surface area contributed by atoms with Crippen molar-refractivity contribution in [3.8, 4) is 0 Å². The van der Waals surface area contributed by atoms with Crippen LogP contribution in [0, 0.1) is 0 Å². The molecule has 0 saturated carbocycles. The predicted molar refractivity (Wildman–Crippen MR) is 83.5 cm³/mol. The number of thiophene rings is 1. The summed E-state index contributed by atoms with van der Waals surface area (Å²) >= 11 is 17.8. The summed E-state index contributed by atoms with van der Waals surface area (Å²) in [6, 6.07) is 1.57. The fourth-order valence-electron chi connectivity index (χ4n) is 1.42. The molecule has 4 nitrogen and oxygen atoms in total. The lowest BCUT2D eigenvalue weighted by Crippen LogP contribution is -2.36. The largest absolute Gasteiger partial charge is 0.393 e. The second-order valence-corrected chi connectivity index (χ2v) is 6.55. The van der Waals surface area contributed by atoms with Gasteiger partial charge in [0.15, 0.2) is 0 Å². The summed E-state index contributed by atoms with van der Waals surface area (Å²) in [4.78, 5) is 14.3. The van der Waals surface area contributed by atoms with Crippen LogP contribution in [0.2, 0.25) is 8.67 Å². The molecule has 19 heavy (non-hydrogen) atoms. The molecule has 0 aliphatic carbocycles. The first-order valence-corrected chi connectivity index (χ1v) is 7.45. The Labute approximate surface area is 131 Å². The van der Waals surface area contributed by atoms with Gasteiger partial charge in [0.1, 0.15) is 4.34 Å². The van der Waals surface area contributed by atoms with E-state index in [4.69, 9.17) is 45.9 Å². The zero-order valence-electron chi connectivity index (χ0n) is 10.3. The molecule has 1 aromatic heterocycles. The summed E-state index contributed by atoms with van der Waals surface area (Å²) < 4.78 is 5.85. The van der Waals surface area contributed by atoms with Crippen LogP contribution in [0.1, 0.15) is 16.8 Å². The highest BCUT2D eigenvalue weighted by atomic mass is 35.5. The Kier molecular flexibility index (Phi) is 7.02. The highest BCUT2D eigenvalue weighted by Gasteiger charge is 2.20. The van der Waals surface area contributed by atoms with E-state index in [1.807, 2.05) is 0 Å². The molecule has 0 aliphatic rings. The van der Waals surface area contributed by atoms with Gasteiger partial charge in [-0.3, -0.25) is 4.79 Å². The average molecular weight is 341 g/mol. The first kappa shape index (κ1) is 16.7. The van der Waals surface area contributed by atoms with E-state index >= 15 is 0 Å². The zero-order valence-corrected chi connectivity index (χ0v) is 13.5. The Morgan fingerprint density at radius 3 is 2.68 bits per heavy atom. The third-order valence-electron chi connectivity index (χ3n) is 2.37. The molecule has 0 saturated heterocycles. The molecule has 1 aromatic rings. The monoisotopic (exact) mass is 340 g/mol. The van der Waals surface area contributed by atoms with Gasteiger partial charge in [0.2, 0.25) is 0 Å². The third-order valence-corrected chi connectivity index (χ3v) is 4.06. The van der Waals surface area contributed by atoms with Gasteiger partial charge in [-0.15, -0.1) is 11.3 Å². The molecule has 1 heterocycles. The van der Waals surface area contributed by atoms with Gasteiger partial charge >= 0.3 is 0 Å². The van der Waals surface area contributed by atoms with E-state index in [0.29, 0.717) is 45.3 Å². The number of hydrogen-bond acceptors (Lipinski definition) is 4. The number of carbonyl (C=O) groups excluding carboxylic acids is 1. The standard InChI is InChI=1S/C11H14Cl2N2O2S2/c1-17-5-4-15(3-2-9(14)18)11(16)7-6-8(12)19-10(7)13/h6H,2-5H2,1H3,(H2,14,18). The summed E-state index contributed by atoms with van der Waals surface area (Å²) in [5.41, 5.74) is 5.86. The summed E-state index contributed by atoms with van der Waals surface area (Å²) in [5.74, 6) is -0.193. The van der Waals surface area contributed by atoms with Crippen LogP contribution in [0.5, 0.6) is 0 Å². The first-order valence-electron chi connectivity index (χ1n) is 5.47. The van der Waals surface area contributed by atoms with E-state index in [1.54, 1.807) is 18.1 Å². The molecule has 0 spiro atoms. The van der Waals surface area contributed by atoms with Gasteiger partial charge in [-0.05, 0) is 6.07 Å². The van der Waals surface area contributed by atoms with E-state index in [1.165, 1.54) is 0 Å². The Morgan fingerprint density at radius 1 is 1.53 bits per heavy atom. The topological polar surface area (TPSA) is 55.6 Å². The molecule has 1 rings (SSSR count). The molecular weight excluding hydrogens is 327 g/mol. The van der Waals surface area contributed by atoms with E-state index in [0.717, 1.165) is 11.3 Å². The minimum Gasteiger partial charge on any atom is -0.393 e. The van der Waals surface area contributed by atoms with Gasteiger partial charge < -0.3 is 15.4 Å². The van der Waals surface area contributed by atoms with Crippen LogP contribution in [0.15, 0.2) is 6.07 Å². The SMILES string of the molecule is COCCN(CCC(N)=S)C(=O)c1cc(Cl)sc1Cl. The quantitative estimate of drug-likeness (QED) is 0.775. The molecule has 0 aromatic carbocycles. The van der Waals surface area contributed by atoms with E-state index in [-0.39, 0.29) is 5.91 Å². The number of amides is 1. The number of hydrogen-bond donors (Lipinski definition) is 1. The minimum atomic E-state index is -0.193. The van der Waals surface area contributed by atoms with E-state index < -0.39 is 0 Å². The predicted octanol–water partition coefficient (Wildman–Crippen LogP) is 2.82. The maximum Gasteiger partial charge on any atom is 0.256 e. The van der Waals surface area contributed by atoms with Crippen LogP contribution in [-0.4, -0.2) is 42.6 Å². The second kappa shape index (κ2) is 8.01. The summed E-state index contributed by atoms with van der Waals surface area (Å²) in [7, 11) is 1.57. The molecular formula is C11H14Cl2N2O2S2. The molecule has 106 valence electrons. The molecule has 0 bridgehead atoms. The Bertz CT molecular complexity index is 466. The van der Waals surface area contributed by atoms with Crippen LogP contribution in [0.3, 0.4) is 0 Å². The zero-order chi connectivity index (χ0) is 14.4. The highest BCUT2D eigenvalue weighted by Crippen LogP contribution is 2.31. The summed E-state index contributed by atoms with van der Waals surface area (Å²) in [6.45, 7) is 1.31. The van der Waals surface area contributed by atoms with Crippen LogP contribution in [0.4, 0.5) is 0 Å². The highest BCUT2D eigenvalue weighted by molar-refractivity contribution is 7.80. The number of halogens is 2. The number of nitrogens with two attached hydrogens (primary N) is 1. The number of methoxy groups -OCH3 is 1. The first-order chi connectivity index (χ1) is 8.95. The second-order valence-electron chi connectivity index (χ2n) is 3.74. The number of rotatable bonds is 7. The average Bonchev–Trinajstić information content (AvgIpc) is 2.67. The molecule has 0 unspecified atom stereocenters. The van der Waals surface area contributed by atoms with E-state index in [2.05, 4.69) is 0 Å². The summed E-state index contributed by atoms with van der Waals surface area (Å²) in [5, 5.41) is 0. The van der Waals surface area contributed by atoms with Gasteiger partial charge in [-0.1, -0.05) is 35.4 Å². The molecule has 0 radical (unpaired) electrons. The maximum atomic E-state index is 12.3. The summed E-state index contributed by atoms with van der Waals surface area (Å²) in [6.07, 6.45) is 0.459. The van der Waals surface area contributed by atoms with Crippen molar-refractivity contribution >= 4 is 57.7 Å². The maximum absolute atomic E-state index is 12.3. The van der Waals surface area contributed by atoms with Crippen molar-refractivity contribution < 1.29 is 9.53 Å². The van der Waals surface area contributed by atoms with Gasteiger partial charge in [0.05, 0.1) is 21.5 Å². The molecule has 0 fully saturated rings. The lowest BCUT2D eigenvalue weighted by molar-refractivity contribution is 0.0702. The fourth-order valence-corrected chi connectivity index (χ4v) is 2.96.